The van der Waals surface area contributed by atoms with E-state index in [1.54, 1.807) is 25.1 Å². The Hall–Kier alpha value is -1.58. The molecule has 104 valence electrons. The van der Waals surface area contributed by atoms with Crippen molar-refractivity contribution < 1.29 is 13.9 Å². The number of benzene rings is 2. The smallest absolute Gasteiger partial charge is 0.338 e. The van der Waals surface area contributed by atoms with Crippen LogP contribution >= 0.6 is 23.2 Å². The van der Waals surface area contributed by atoms with Crippen LogP contribution in [0.2, 0.25) is 10.0 Å². The number of halogens is 3. The second-order valence-corrected chi connectivity index (χ2v) is 4.95. The van der Waals surface area contributed by atoms with Crippen LogP contribution in [0.25, 0.3) is 11.1 Å². The van der Waals surface area contributed by atoms with Crippen molar-refractivity contribution in [2.75, 3.05) is 6.61 Å². The van der Waals surface area contributed by atoms with E-state index in [1.165, 1.54) is 12.1 Å². The molecule has 0 radical (unpaired) electrons. The number of hydrogen-bond donors (Lipinski definition) is 0. The normalized spacial score (nSPS) is 10.4. The van der Waals surface area contributed by atoms with Crippen LogP contribution in [0, 0.1) is 5.82 Å². The second kappa shape index (κ2) is 6.25. The third-order valence-electron chi connectivity index (χ3n) is 2.65. The zero-order chi connectivity index (χ0) is 14.7. The lowest BCUT2D eigenvalue weighted by Crippen LogP contribution is -2.05. The zero-order valence-corrected chi connectivity index (χ0v) is 12.1. The molecule has 0 aliphatic carbocycles. The first kappa shape index (κ1) is 14.8. The summed E-state index contributed by atoms with van der Waals surface area (Å²) in [5.41, 5.74) is 1.04. The fourth-order valence-electron chi connectivity index (χ4n) is 1.80. The average molecular weight is 313 g/mol. The molecular formula is C15H11Cl2FO2. The number of carbonyl (C=O) groups is 1. The summed E-state index contributed by atoms with van der Waals surface area (Å²) in [4.78, 5) is 11.5. The predicted molar refractivity (Wildman–Crippen MR) is 77.8 cm³/mol. The van der Waals surface area contributed by atoms with Gasteiger partial charge in [-0.25, -0.2) is 9.18 Å². The minimum absolute atomic E-state index is 0.168. The Morgan fingerprint density at radius 2 is 1.80 bits per heavy atom. The quantitative estimate of drug-likeness (QED) is 0.747. The van der Waals surface area contributed by atoms with Crippen molar-refractivity contribution in [3.05, 3.63) is 57.8 Å². The lowest BCUT2D eigenvalue weighted by atomic mass is 10.0. The zero-order valence-electron chi connectivity index (χ0n) is 10.6. The van der Waals surface area contributed by atoms with Gasteiger partial charge in [-0.2, -0.15) is 0 Å². The standard InChI is InChI=1S/C15H11Cl2FO2/c1-2-20-15(19)9-3-4-13(14(18)7-9)10-5-11(16)8-12(17)6-10/h3-8H,2H2,1H3. The Morgan fingerprint density at radius 3 is 2.35 bits per heavy atom. The fraction of sp³-hybridized carbons (Fsp3) is 0.133. The summed E-state index contributed by atoms with van der Waals surface area (Å²) in [6.45, 7) is 1.93. The van der Waals surface area contributed by atoms with E-state index >= 15 is 0 Å². The molecule has 2 aromatic rings. The van der Waals surface area contributed by atoms with Crippen molar-refractivity contribution in [1.82, 2.24) is 0 Å². The van der Waals surface area contributed by atoms with E-state index < -0.39 is 11.8 Å². The summed E-state index contributed by atoms with van der Waals surface area (Å²) < 4.78 is 18.9. The maximum atomic E-state index is 14.1. The lowest BCUT2D eigenvalue weighted by molar-refractivity contribution is 0.0526. The highest BCUT2D eigenvalue weighted by Crippen LogP contribution is 2.29. The molecule has 0 aromatic heterocycles. The Balaban J connectivity index is 2.41. The van der Waals surface area contributed by atoms with Crippen LogP contribution in [-0.2, 0) is 4.74 Å². The molecule has 0 spiro atoms. The van der Waals surface area contributed by atoms with E-state index in [9.17, 15) is 9.18 Å². The van der Waals surface area contributed by atoms with Crippen molar-refractivity contribution in [3.63, 3.8) is 0 Å². The molecule has 0 unspecified atom stereocenters. The van der Waals surface area contributed by atoms with Crippen molar-refractivity contribution >= 4 is 29.2 Å². The largest absolute Gasteiger partial charge is 0.462 e. The summed E-state index contributed by atoms with van der Waals surface area (Å²) >= 11 is 11.8. The van der Waals surface area contributed by atoms with Gasteiger partial charge in [0.1, 0.15) is 5.82 Å². The van der Waals surface area contributed by atoms with E-state index in [-0.39, 0.29) is 12.2 Å². The molecule has 0 atom stereocenters. The van der Waals surface area contributed by atoms with Gasteiger partial charge in [0.2, 0.25) is 0 Å². The molecule has 2 aromatic carbocycles. The highest BCUT2D eigenvalue weighted by atomic mass is 35.5. The highest BCUT2D eigenvalue weighted by molar-refractivity contribution is 6.35. The summed E-state index contributed by atoms with van der Waals surface area (Å²) in [5, 5.41) is 0.836. The summed E-state index contributed by atoms with van der Waals surface area (Å²) in [6, 6.07) is 8.93. The first-order valence-corrected chi connectivity index (χ1v) is 6.70. The van der Waals surface area contributed by atoms with Gasteiger partial charge in [-0.1, -0.05) is 29.3 Å². The van der Waals surface area contributed by atoms with Crippen LogP contribution in [0.4, 0.5) is 4.39 Å². The number of rotatable bonds is 3. The average Bonchev–Trinajstić information content (AvgIpc) is 2.37. The Morgan fingerprint density at radius 1 is 1.15 bits per heavy atom. The van der Waals surface area contributed by atoms with Crippen molar-refractivity contribution in [1.29, 1.82) is 0 Å². The van der Waals surface area contributed by atoms with Gasteiger partial charge in [0.25, 0.3) is 0 Å². The van der Waals surface area contributed by atoms with Crippen molar-refractivity contribution in [2.45, 2.75) is 6.92 Å². The third kappa shape index (κ3) is 3.30. The highest BCUT2D eigenvalue weighted by Gasteiger charge is 2.12. The molecule has 0 bridgehead atoms. The van der Waals surface area contributed by atoms with Gasteiger partial charge in [-0.05, 0) is 42.8 Å². The lowest BCUT2D eigenvalue weighted by Gasteiger charge is -2.07. The molecule has 0 saturated carbocycles. The van der Waals surface area contributed by atoms with E-state index in [2.05, 4.69) is 0 Å². The van der Waals surface area contributed by atoms with Crippen LogP contribution in [0.1, 0.15) is 17.3 Å². The maximum Gasteiger partial charge on any atom is 0.338 e. The molecular weight excluding hydrogens is 302 g/mol. The van der Waals surface area contributed by atoms with Crippen LogP contribution < -0.4 is 0 Å². The van der Waals surface area contributed by atoms with E-state index in [0.717, 1.165) is 6.07 Å². The SMILES string of the molecule is CCOC(=O)c1ccc(-c2cc(Cl)cc(Cl)c2)c(F)c1. The minimum Gasteiger partial charge on any atom is -0.462 e. The van der Waals surface area contributed by atoms with Gasteiger partial charge in [-0.3, -0.25) is 0 Å². The molecule has 0 N–H and O–H groups in total. The Bertz CT molecular complexity index is 636. The molecule has 0 aliphatic heterocycles. The molecule has 0 fully saturated rings. The van der Waals surface area contributed by atoms with Gasteiger partial charge in [-0.15, -0.1) is 0 Å². The molecule has 5 heteroatoms. The van der Waals surface area contributed by atoms with Gasteiger partial charge in [0.05, 0.1) is 12.2 Å². The molecule has 20 heavy (non-hydrogen) atoms. The number of ether oxygens (including phenoxy) is 1. The van der Waals surface area contributed by atoms with Gasteiger partial charge in [0, 0.05) is 15.6 Å². The van der Waals surface area contributed by atoms with Crippen molar-refractivity contribution in [2.24, 2.45) is 0 Å². The molecule has 2 nitrogen and oxygen atoms in total. The number of hydrogen-bond acceptors (Lipinski definition) is 2. The molecule has 0 heterocycles. The number of carbonyl (C=O) groups excluding carboxylic acids is 1. The summed E-state index contributed by atoms with van der Waals surface area (Å²) in [5.74, 6) is -1.09. The molecule has 2 rings (SSSR count). The molecule has 0 saturated heterocycles. The first-order valence-electron chi connectivity index (χ1n) is 5.94. The Kier molecular flexibility index (Phi) is 4.63. The second-order valence-electron chi connectivity index (χ2n) is 4.07. The fourth-order valence-corrected chi connectivity index (χ4v) is 2.33. The van der Waals surface area contributed by atoms with Gasteiger partial charge in [0.15, 0.2) is 0 Å². The van der Waals surface area contributed by atoms with E-state index in [1.807, 2.05) is 0 Å². The van der Waals surface area contributed by atoms with E-state index in [0.29, 0.717) is 21.2 Å². The predicted octanol–water partition coefficient (Wildman–Crippen LogP) is 4.98. The number of esters is 1. The topological polar surface area (TPSA) is 26.3 Å². The third-order valence-corrected chi connectivity index (χ3v) is 3.09. The van der Waals surface area contributed by atoms with Crippen LogP contribution in [0.3, 0.4) is 0 Å². The Labute approximate surface area is 126 Å². The minimum atomic E-state index is -0.554. The van der Waals surface area contributed by atoms with Crippen LogP contribution in [0.15, 0.2) is 36.4 Å². The maximum absolute atomic E-state index is 14.1. The molecule has 0 amide bonds. The summed E-state index contributed by atoms with van der Waals surface area (Å²) in [7, 11) is 0. The van der Waals surface area contributed by atoms with Crippen LogP contribution in [-0.4, -0.2) is 12.6 Å². The van der Waals surface area contributed by atoms with Crippen LogP contribution in [0.5, 0.6) is 0 Å². The van der Waals surface area contributed by atoms with E-state index in [4.69, 9.17) is 27.9 Å². The monoisotopic (exact) mass is 312 g/mol. The van der Waals surface area contributed by atoms with Gasteiger partial charge < -0.3 is 4.74 Å². The molecule has 0 aliphatic rings. The summed E-state index contributed by atoms with van der Waals surface area (Å²) in [6.07, 6.45) is 0. The van der Waals surface area contributed by atoms with Crippen molar-refractivity contribution in [3.8, 4) is 11.1 Å². The van der Waals surface area contributed by atoms with Gasteiger partial charge >= 0.3 is 5.97 Å². The first-order chi connectivity index (χ1) is 9.51.